The molecule has 3 heteroatoms. The van der Waals surface area contributed by atoms with Gasteiger partial charge in [0.25, 0.3) is 0 Å². The number of imidazole rings is 1. The fraction of sp³-hybridized carbons (Fsp3) is 0.0938. The Morgan fingerprint density at radius 3 is 2.31 bits per heavy atom. The summed E-state index contributed by atoms with van der Waals surface area (Å²) in [5.41, 5.74) is 8.16. The first-order valence-electron chi connectivity index (χ1n) is 11.9. The number of nitrogens with zero attached hydrogens (tertiary/aromatic N) is 2. The topological polar surface area (TPSA) is 17.8 Å². The molecule has 6 aromatic rings. The van der Waals surface area contributed by atoms with Crippen molar-refractivity contribution in [3.63, 3.8) is 0 Å². The van der Waals surface area contributed by atoms with Crippen LogP contribution in [0.3, 0.4) is 0 Å². The molecule has 35 heavy (non-hydrogen) atoms. The van der Waals surface area contributed by atoms with Gasteiger partial charge in [0, 0.05) is 31.4 Å². The minimum Gasteiger partial charge on any atom is -0.293 e. The first kappa shape index (κ1) is 21.6. The summed E-state index contributed by atoms with van der Waals surface area (Å²) in [5.74, 6) is 0.961. The normalized spacial score (nSPS) is 11.7. The van der Waals surface area contributed by atoms with Crippen LogP contribution >= 0.6 is 11.3 Å². The minimum atomic E-state index is 0.961. The predicted octanol–water partition coefficient (Wildman–Crippen LogP) is 9.22. The monoisotopic (exact) mass is 470 g/mol. The zero-order valence-corrected chi connectivity index (χ0v) is 20.9. The highest BCUT2D eigenvalue weighted by atomic mass is 32.1. The molecule has 0 unspecified atom stereocenters. The number of thiophene rings is 1. The highest BCUT2D eigenvalue weighted by molar-refractivity contribution is 7.25. The number of para-hydroxylation sites is 1. The molecule has 0 spiro atoms. The lowest BCUT2D eigenvalue weighted by molar-refractivity contribution is 1.05. The Morgan fingerprint density at radius 2 is 1.54 bits per heavy atom. The van der Waals surface area contributed by atoms with Crippen LogP contribution in [0.25, 0.3) is 54.5 Å². The second-order valence-corrected chi connectivity index (χ2v) is 10.0. The van der Waals surface area contributed by atoms with E-state index in [1.165, 1.54) is 36.9 Å². The quantitative estimate of drug-likeness (QED) is 0.251. The lowest BCUT2D eigenvalue weighted by Gasteiger charge is -2.12. The molecule has 0 N–H and O–H groups in total. The van der Waals surface area contributed by atoms with E-state index >= 15 is 0 Å². The van der Waals surface area contributed by atoms with Crippen molar-refractivity contribution in [2.24, 2.45) is 0 Å². The number of hydrogen-bond acceptors (Lipinski definition) is 2. The number of hydrogen-bond donors (Lipinski definition) is 0. The summed E-state index contributed by atoms with van der Waals surface area (Å²) >= 11 is 1.87. The number of fused-ring (bicyclic) bond motifs is 3. The standard InChI is InChI=1S/C32H26N2S/c1-4-9-28-22(3)33-32(34(28)25-10-6-5-7-11-25)24-17-15-23(16-18-24)26-12-8-13-30-31(26)27-20-21(2)14-19-29(27)35-30/h4-20H,1-3H3/b9-4-. The van der Waals surface area contributed by atoms with Gasteiger partial charge in [-0.15, -0.1) is 11.3 Å². The maximum absolute atomic E-state index is 4.98. The molecule has 2 aromatic heterocycles. The smallest absolute Gasteiger partial charge is 0.145 e. The first-order chi connectivity index (χ1) is 17.1. The summed E-state index contributed by atoms with van der Waals surface area (Å²) in [5, 5.41) is 2.69. The lowest BCUT2D eigenvalue weighted by Crippen LogP contribution is -1.99. The third-order valence-corrected chi connectivity index (χ3v) is 7.68. The molecule has 0 atom stereocenters. The number of benzene rings is 4. The maximum atomic E-state index is 4.98. The van der Waals surface area contributed by atoms with E-state index in [0.717, 1.165) is 28.5 Å². The Kier molecular flexibility index (Phi) is 5.35. The van der Waals surface area contributed by atoms with Crippen LogP contribution in [-0.4, -0.2) is 9.55 Å². The molecule has 0 radical (unpaired) electrons. The van der Waals surface area contributed by atoms with Crippen LogP contribution in [0.15, 0.2) is 97.1 Å². The van der Waals surface area contributed by atoms with Crippen molar-refractivity contribution in [2.75, 3.05) is 0 Å². The zero-order valence-electron chi connectivity index (χ0n) is 20.1. The molecular formula is C32H26N2S. The van der Waals surface area contributed by atoms with Crippen molar-refractivity contribution in [3.8, 4) is 28.2 Å². The Morgan fingerprint density at radius 1 is 0.771 bits per heavy atom. The second kappa shape index (κ2) is 8.68. The summed E-state index contributed by atoms with van der Waals surface area (Å²) in [6.07, 6.45) is 4.21. The molecule has 0 amide bonds. The minimum absolute atomic E-state index is 0.961. The van der Waals surface area contributed by atoms with E-state index in [1.54, 1.807) is 0 Å². The van der Waals surface area contributed by atoms with E-state index in [4.69, 9.17) is 4.98 Å². The summed E-state index contributed by atoms with van der Waals surface area (Å²) in [4.78, 5) is 4.98. The van der Waals surface area contributed by atoms with Crippen molar-refractivity contribution in [3.05, 3.63) is 114 Å². The first-order valence-corrected chi connectivity index (χ1v) is 12.8. The molecule has 2 heterocycles. The molecule has 170 valence electrons. The SMILES string of the molecule is C/C=C\c1c(C)nc(-c2ccc(-c3cccc4sc5ccc(C)cc5c34)cc2)n1-c1ccccc1. The van der Waals surface area contributed by atoms with Gasteiger partial charge in [0.05, 0.1) is 11.4 Å². The van der Waals surface area contributed by atoms with Crippen LogP contribution in [0.2, 0.25) is 0 Å². The van der Waals surface area contributed by atoms with E-state index in [2.05, 4.69) is 115 Å². The van der Waals surface area contributed by atoms with Gasteiger partial charge in [-0.05, 0) is 68.3 Å². The van der Waals surface area contributed by atoms with E-state index in [0.29, 0.717) is 0 Å². The van der Waals surface area contributed by atoms with Crippen molar-refractivity contribution in [1.82, 2.24) is 9.55 Å². The Hall–Kier alpha value is -3.95. The van der Waals surface area contributed by atoms with Crippen molar-refractivity contribution in [1.29, 1.82) is 0 Å². The average Bonchev–Trinajstić information content (AvgIpc) is 3.42. The van der Waals surface area contributed by atoms with Crippen LogP contribution in [0.1, 0.15) is 23.9 Å². The van der Waals surface area contributed by atoms with Crippen molar-refractivity contribution in [2.45, 2.75) is 20.8 Å². The number of rotatable bonds is 4. The van der Waals surface area contributed by atoms with Crippen LogP contribution in [0.4, 0.5) is 0 Å². The molecule has 0 aliphatic heterocycles. The Labute approximate surface area is 209 Å². The van der Waals surface area contributed by atoms with E-state index < -0.39 is 0 Å². The fourth-order valence-corrected chi connectivity index (χ4v) is 6.02. The maximum Gasteiger partial charge on any atom is 0.145 e. The van der Waals surface area contributed by atoms with Gasteiger partial charge >= 0.3 is 0 Å². The molecule has 6 rings (SSSR count). The fourth-order valence-electron chi connectivity index (χ4n) is 4.91. The van der Waals surface area contributed by atoms with E-state index in [9.17, 15) is 0 Å². The third kappa shape index (κ3) is 3.69. The van der Waals surface area contributed by atoms with Crippen molar-refractivity contribution >= 4 is 37.6 Å². The van der Waals surface area contributed by atoms with Crippen LogP contribution in [0, 0.1) is 13.8 Å². The van der Waals surface area contributed by atoms with Gasteiger partial charge in [-0.2, -0.15) is 0 Å². The van der Waals surface area contributed by atoms with Gasteiger partial charge in [0.1, 0.15) is 5.82 Å². The summed E-state index contributed by atoms with van der Waals surface area (Å²) < 4.78 is 4.92. The largest absolute Gasteiger partial charge is 0.293 e. The second-order valence-electron chi connectivity index (χ2n) is 8.93. The molecule has 4 aromatic carbocycles. The molecule has 0 aliphatic carbocycles. The molecule has 2 nitrogen and oxygen atoms in total. The number of aromatic nitrogens is 2. The molecule has 0 aliphatic rings. The predicted molar refractivity (Wildman–Crippen MR) is 152 cm³/mol. The van der Waals surface area contributed by atoms with Gasteiger partial charge in [-0.1, -0.05) is 72.3 Å². The van der Waals surface area contributed by atoms with Gasteiger partial charge in [-0.25, -0.2) is 4.98 Å². The Bertz CT molecular complexity index is 1700. The summed E-state index contributed by atoms with van der Waals surface area (Å²) in [6, 6.07) is 32.7. The lowest BCUT2D eigenvalue weighted by atomic mass is 9.98. The average molecular weight is 471 g/mol. The van der Waals surface area contributed by atoms with Gasteiger partial charge in [-0.3, -0.25) is 4.57 Å². The molecular weight excluding hydrogens is 444 g/mol. The summed E-state index contributed by atoms with van der Waals surface area (Å²) in [6.45, 7) is 6.29. The van der Waals surface area contributed by atoms with E-state index in [1.807, 2.05) is 24.3 Å². The number of aryl methyl sites for hydroxylation is 2. The summed E-state index contributed by atoms with van der Waals surface area (Å²) in [7, 11) is 0. The molecule has 0 bridgehead atoms. The van der Waals surface area contributed by atoms with Crippen LogP contribution in [0.5, 0.6) is 0 Å². The highest BCUT2D eigenvalue weighted by Gasteiger charge is 2.16. The zero-order chi connectivity index (χ0) is 23.9. The molecule has 0 fully saturated rings. The van der Waals surface area contributed by atoms with Crippen molar-refractivity contribution < 1.29 is 0 Å². The van der Waals surface area contributed by atoms with E-state index in [-0.39, 0.29) is 0 Å². The van der Waals surface area contributed by atoms with Crippen LogP contribution in [-0.2, 0) is 0 Å². The highest BCUT2D eigenvalue weighted by Crippen LogP contribution is 2.40. The van der Waals surface area contributed by atoms with Gasteiger partial charge in [0.15, 0.2) is 0 Å². The van der Waals surface area contributed by atoms with Crippen LogP contribution < -0.4 is 0 Å². The number of allylic oxidation sites excluding steroid dienone is 1. The molecule has 0 saturated carbocycles. The van der Waals surface area contributed by atoms with Gasteiger partial charge < -0.3 is 0 Å². The van der Waals surface area contributed by atoms with Gasteiger partial charge in [0.2, 0.25) is 0 Å². The Balaban J connectivity index is 1.50. The molecule has 0 saturated heterocycles. The third-order valence-electron chi connectivity index (χ3n) is 6.54.